The molecule has 0 saturated heterocycles. The van der Waals surface area contributed by atoms with Crippen LogP contribution >= 0.6 is 0 Å². The molecule has 0 aliphatic carbocycles. The van der Waals surface area contributed by atoms with Gasteiger partial charge in [-0.05, 0) is 24.1 Å². The Labute approximate surface area is 116 Å². The molecule has 7 heteroatoms. The van der Waals surface area contributed by atoms with Crippen LogP contribution in [0.3, 0.4) is 0 Å². The van der Waals surface area contributed by atoms with Gasteiger partial charge < -0.3 is 21.6 Å². The first-order valence-corrected chi connectivity index (χ1v) is 6.32. The maximum Gasteiger partial charge on any atom is 0.233 e. The minimum Gasteiger partial charge on any atom is -0.409 e. The van der Waals surface area contributed by atoms with Crippen LogP contribution in [0.1, 0.15) is 24.5 Å². The zero-order valence-corrected chi connectivity index (χ0v) is 11.3. The van der Waals surface area contributed by atoms with Gasteiger partial charge >= 0.3 is 0 Å². The summed E-state index contributed by atoms with van der Waals surface area (Å²) in [5, 5.41) is 17.2. The molecule has 1 amide bonds. The molecular formula is C13H19FN4O2. The van der Waals surface area contributed by atoms with Gasteiger partial charge in [-0.1, -0.05) is 18.1 Å². The highest BCUT2D eigenvalue weighted by Crippen LogP contribution is 2.11. The molecule has 6 nitrogen and oxygen atoms in total. The molecule has 0 radical (unpaired) electrons. The fourth-order valence-electron chi connectivity index (χ4n) is 1.63. The number of oxime groups is 1. The third-order valence-electron chi connectivity index (χ3n) is 2.63. The Hall–Kier alpha value is -2.15. The number of carbonyl (C=O) groups excluding carboxylic acids is 1. The standard InChI is InChI=1S/C13H19FN4O2/c1-2-5-17-12(19)8-16-7-9-3-4-10(14)6-11(9)13(15)18-20/h3-4,6,16,20H,2,5,7-8H2,1H3,(H2,15,18)(H,17,19). The van der Waals surface area contributed by atoms with Gasteiger partial charge in [-0.25, -0.2) is 4.39 Å². The number of rotatable bonds is 7. The fraction of sp³-hybridized carbons (Fsp3) is 0.385. The maximum atomic E-state index is 13.2. The highest BCUT2D eigenvalue weighted by Gasteiger charge is 2.09. The first-order chi connectivity index (χ1) is 9.58. The molecule has 0 saturated carbocycles. The first kappa shape index (κ1) is 15.9. The van der Waals surface area contributed by atoms with Gasteiger partial charge in [-0.3, -0.25) is 4.79 Å². The van der Waals surface area contributed by atoms with E-state index in [1.165, 1.54) is 18.2 Å². The minimum absolute atomic E-state index is 0.112. The SMILES string of the molecule is CCCNC(=O)CNCc1ccc(F)cc1C(N)=NO. The van der Waals surface area contributed by atoms with Gasteiger partial charge in [0.05, 0.1) is 6.54 Å². The summed E-state index contributed by atoms with van der Waals surface area (Å²) >= 11 is 0. The summed E-state index contributed by atoms with van der Waals surface area (Å²) in [5.41, 5.74) is 6.43. The molecule has 0 aliphatic rings. The Morgan fingerprint density at radius 2 is 2.25 bits per heavy atom. The lowest BCUT2D eigenvalue weighted by Gasteiger charge is -2.10. The van der Waals surface area contributed by atoms with Crippen LogP contribution in [0.5, 0.6) is 0 Å². The van der Waals surface area contributed by atoms with Gasteiger partial charge in [-0.15, -0.1) is 0 Å². The summed E-state index contributed by atoms with van der Waals surface area (Å²) in [4.78, 5) is 11.4. The Balaban J connectivity index is 2.62. The average Bonchev–Trinajstić information content (AvgIpc) is 2.45. The van der Waals surface area contributed by atoms with Crippen LogP contribution in [0.4, 0.5) is 4.39 Å². The number of benzene rings is 1. The second kappa shape index (κ2) is 8.11. The molecule has 20 heavy (non-hydrogen) atoms. The third kappa shape index (κ3) is 4.85. The second-order valence-corrected chi connectivity index (χ2v) is 4.24. The molecule has 0 aliphatic heterocycles. The number of nitrogens with zero attached hydrogens (tertiary/aromatic N) is 1. The number of halogens is 1. The summed E-state index contributed by atoms with van der Waals surface area (Å²) in [6, 6.07) is 3.99. The number of nitrogens with one attached hydrogen (secondary N) is 2. The van der Waals surface area contributed by atoms with Gasteiger partial charge in [-0.2, -0.15) is 0 Å². The van der Waals surface area contributed by atoms with E-state index in [4.69, 9.17) is 10.9 Å². The number of hydrogen-bond acceptors (Lipinski definition) is 4. The van der Waals surface area contributed by atoms with Gasteiger partial charge in [0.25, 0.3) is 0 Å². The Morgan fingerprint density at radius 1 is 1.50 bits per heavy atom. The van der Waals surface area contributed by atoms with Crippen molar-refractivity contribution in [3.63, 3.8) is 0 Å². The second-order valence-electron chi connectivity index (χ2n) is 4.24. The third-order valence-corrected chi connectivity index (χ3v) is 2.63. The van der Waals surface area contributed by atoms with Crippen molar-refractivity contribution in [2.75, 3.05) is 13.1 Å². The lowest BCUT2D eigenvalue weighted by molar-refractivity contribution is -0.120. The maximum absolute atomic E-state index is 13.2. The highest BCUT2D eigenvalue weighted by molar-refractivity contribution is 5.98. The van der Waals surface area contributed by atoms with E-state index in [9.17, 15) is 9.18 Å². The molecule has 0 spiro atoms. The van der Waals surface area contributed by atoms with Crippen LogP contribution in [0, 0.1) is 5.82 Å². The quantitative estimate of drug-likeness (QED) is 0.254. The molecule has 1 aromatic rings. The molecule has 110 valence electrons. The number of hydrogen-bond donors (Lipinski definition) is 4. The van der Waals surface area contributed by atoms with Crippen molar-refractivity contribution in [2.24, 2.45) is 10.9 Å². The molecule has 0 atom stereocenters. The van der Waals surface area contributed by atoms with E-state index in [1.807, 2.05) is 6.92 Å². The molecule has 0 heterocycles. The number of amides is 1. The fourth-order valence-corrected chi connectivity index (χ4v) is 1.63. The van der Waals surface area contributed by atoms with Crippen LogP contribution in [-0.4, -0.2) is 30.0 Å². The predicted octanol–water partition coefficient (Wildman–Crippen LogP) is 0.536. The molecule has 1 aromatic carbocycles. The van der Waals surface area contributed by atoms with Crippen LogP contribution in [-0.2, 0) is 11.3 Å². The van der Waals surface area contributed by atoms with Crippen molar-refractivity contribution in [2.45, 2.75) is 19.9 Å². The van der Waals surface area contributed by atoms with Gasteiger partial charge in [0.15, 0.2) is 5.84 Å². The lowest BCUT2D eigenvalue weighted by Crippen LogP contribution is -2.34. The Kier molecular flexibility index (Phi) is 6.45. The van der Waals surface area contributed by atoms with Crippen molar-refractivity contribution in [3.05, 3.63) is 35.1 Å². The summed E-state index contributed by atoms with van der Waals surface area (Å²) in [7, 11) is 0. The van der Waals surface area contributed by atoms with E-state index >= 15 is 0 Å². The van der Waals surface area contributed by atoms with E-state index < -0.39 is 5.82 Å². The van der Waals surface area contributed by atoms with Crippen LogP contribution in [0.2, 0.25) is 0 Å². The zero-order valence-electron chi connectivity index (χ0n) is 11.3. The molecular weight excluding hydrogens is 263 g/mol. The van der Waals surface area contributed by atoms with E-state index in [0.29, 0.717) is 24.2 Å². The van der Waals surface area contributed by atoms with Crippen LogP contribution in [0.15, 0.2) is 23.4 Å². The Bertz CT molecular complexity index is 491. The summed E-state index contributed by atoms with van der Waals surface area (Å²) in [5.74, 6) is -0.757. The average molecular weight is 282 g/mol. The largest absolute Gasteiger partial charge is 0.409 e. The van der Waals surface area contributed by atoms with E-state index in [2.05, 4.69) is 15.8 Å². The van der Waals surface area contributed by atoms with Crippen LogP contribution in [0.25, 0.3) is 0 Å². The normalized spacial score (nSPS) is 11.4. The van der Waals surface area contributed by atoms with E-state index in [1.54, 1.807) is 0 Å². The Morgan fingerprint density at radius 3 is 2.90 bits per heavy atom. The van der Waals surface area contributed by atoms with Gasteiger partial charge in [0.1, 0.15) is 5.82 Å². The highest BCUT2D eigenvalue weighted by atomic mass is 19.1. The van der Waals surface area contributed by atoms with E-state index in [-0.39, 0.29) is 18.3 Å². The first-order valence-electron chi connectivity index (χ1n) is 6.32. The minimum atomic E-state index is -0.476. The number of amidine groups is 1. The van der Waals surface area contributed by atoms with Crippen molar-refractivity contribution in [1.29, 1.82) is 0 Å². The summed E-state index contributed by atoms with van der Waals surface area (Å²) in [6.07, 6.45) is 0.872. The molecule has 5 N–H and O–H groups in total. The van der Waals surface area contributed by atoms with Crippen molar-refractivity contribution in [1.82, 2.24) is 10.6 Å². The van der Waals surface area contributed by atoms with E-state index in [0.717, 1.165) is 6.42 Å². The number of nitrogens with two attached hydrogens (primary N) is 1. The molecule has 0 bridgehead atoms. The summed E-state index contributed by atoms with van der Waals surface area (Å²) < 4.78 is 13.2. The van der Waals surface area contributed by atoms with Gasteiger partial charge in [0, 0.05) is 18.7 Å². The molecule has 0 aromatic heterocycles. The molecule has 1 rings (SSSR count). The lowest BCUT2D eigenvalue weighted by atomic mass is 10.1. The summed E-state index contributed by atoms with van der Waals surface area (Å²) in [6.45, 7) is 3.06. The van der Waals surface area contributed by atoms with Crippen molar-refractivity contribution < 1.29 is 14.4 Å². The molecule has 0 fully saturated rings. The van der Waals surface area contributed by atoms with Crippen molar-refractivity contribution >= 4 is 11.7 Å². The topological polar surface area (TPSA) is 99.7 Å². The number of carbonyl (C=O) groups is 1. The predicted molar refractivity (Wildman–Crippen MR) is 73.9 cm³/mol. The molecule has 0 unspecified atom stereocenters. The smallest absolute Gasteiger partial charge is 0.233 e. The van der Waals surface area contributed by atoms with Gasteiger partial charge in [0.2, 0.25) is 5.91 Å². The van der Waals surface area contributed by atoms with Crippen molar-refractivity contribution in [3.8, 4) is 0 Å². The van der Waals surface area contributed by atoms with Crippen LogP contribution < -0.4 is 16.4 Å². The monoisotopic (exact) mass is 282 g/mol. The zero-order chi connectivity index (χ0) is 15.0.